The zero-order valence-electron chi connectivity index (χ0n) is 13.4. The summed E-state index contributed by atoms with van der Waals surface area (Å²) in [6.07, 6.45) is 6.04. The number of nitrogens with one attached hydrogen (secondary N) is 2. The normalized spacial score (nSPS) is 38.8. The van der Waals surface area contributed by atoms with Crippen molar-refractivity contribution in [2.45, 2.75) is 83.1 Å². The van der Waals surface area contributed by atoms with Crippen LogP contribution in [0.25, 0.3) is 0 Å². The quantitative estimate of drug-likeness (QED) is 0.825. The molecule has 112 valence electrons. The largest absolute Gasteiger partial charge is 0.366 e. The van der Waals surface area contributed by atoms with Crippen LogP contribution in [0, 0.1) is 5.92 Å². The maximum atomic E-state index is 6.62. The van der Waals surface area contributed by atoms with Gasteiger partial charge in [-0.1, -0.05) is 13.8 Å². The molecular formula is C16H32N2O. The predicted molar refractivity (Wildman–Crippen MR) is 80.5 cm³/mol. The molecule has 1 unspecified atom stereocenters. The summed E-state index contributed by atoms with van der Waals surface area (Å²) in [5.41, 5.74) is 0.0410. The lowest BCUT2D eigenvalue weighted by Gasteiger charge is -2.53. The molecule has 2 rings (SSSR count). The molecule has 0 amide bonds. The summed E-state index contributed by atoms with van der Waals surface area (Å²) < 4.78 is 6.62. The van der Waals surface area contributed by atoms with Crippen molar-refractivity contribution in [3.8, 4) is 0 Å². The molecule has 1 spiro atoms. The van der Waals surface area contributed by atoms with E-state index in [2.05, 4.69) is 45.4 Å². The Hall–Kier alpha value is -0.120. The van der Waals surface area contributed by atoms with E-state index in [1.165, 1.54) is 32.1 Å². The van der Waals surface area contributed by atoms with Crippen LogP contribution in [0.4, 0.5) is 0 Å². The molecule has 3 nitrogen and oxygen atoms in total. The first-order valence-electron chi connectivity index (χ1n) is 7.98. The zero-order valence-corrected chi connectivity index (χ0v) is 13.4. The van der Waals surface area contributed by atoms with Gasteiger partial charge >= 0.3 is 0 Å². The highest BCUT2D eigenvalue weighted by Gasteiger charge is 2.47. The van der Waals surface area contributed by atoms with Gasteiger partial charge in [-0.2, -0.15) is 0 Å². The van der Waals surface area contributed by atoms with E-state index in [1.807, 2.05) is 0 Å². The highest BCUT2D eigenvalue weighted by atomic mass is 16.5. The van der Waals surface area contributed by atoms with E-state index in [1.54, 1.807) is 0 Å². The molecule has 2 fully saturated rings. The molecule has 2 N–H and O–H groups in total. The second kappa shape index (κ2) is 5.71. The molecule has 1 saturated carbocycles. The topological polar surface area (TPSA) is 33.3 Å². The lowest BCUT2D eigenvalue weighted by molar-refractivity contribution is -0.198. The Balaban J connectivity index is 1.98. The Labute approximate surface area is 118 Å². The highest BCUT2D eigenvalue weighted by molar-refractivity contribution is 5.01. The average Bonchev–Trinajstić information content (AvgIpc) is 2.33. The van der Waals surface area contributed by atoms with E-state index >= 15 is 0 Å². The van der Waals surface area contributed by atoms with Gasteiger partial charge < -0.3 is 15.4 Å². The second-order valence-electron chi connectivity index (χ2n) is 7.51. The first-order valence-corrected chi connectivity index (χ1v) is 7.98. The van der Waals surface area contributed by atoms with Crippen molar-refractivity contribution in [3.05, 3.63) is 0 Å². The van der Waals surface area contributed by atoms with E-state index in [9.17, 15) is 0 Å². The lowest BCUT2D eigenvalue weighted by atomic mass is 9.78. The predicted octanol–water partition coefficient (Wildman–Crippen LogP) is 2.70. The summed E-state index contributed by atoms with van der Waals surface area (Å²) in [4.78, 5) is 0. The number of hydrogen-bond acceptors (Lipinski definition) is 3. The summed E-state index contributed by atoms with van der Waals surface area (Å²) in [6.45, 7) is 10.1. The number of rotatable bonds is 3. The van der Waals surface area contributed by atoms with Gasteiger partial charge in [-0.05, 0) is 58.9 Å². The highest BCUT2D eigenvalue weighted by Crippen LogP contribution is 2.39. The van der Waals surface area contributed by atoms with Gasteiger partial charge in [-0.15, -0.1) is 0 Å². The van der Waals surface area contributed by atoms with E-state index in [0.717, 1.165) is 12.5 Å². The van der Waals surface area contributed by atoms with Crippen molar-refractivity contribution < 1.29 is 4.74 Å². The summed E-state index contributed by atoms with van der Waals surface area (Å²) in [5, 5.41) is 7.19. The third-order valence-electron chi connectivity index (χ3n) is 5.00. The fraction of sp³-hybridized carbons (Fsp3) is 1.00. The van der Waals surface area contributed by atoms with Gasteiger partial charge in [0.05, 0.1) is 11.2 Å². The Morgan fingerprint density at radius 3 is 2.37 bits per heavy atom. The summed E-state index contributed by atoms with van der Waals surface area (Å²) in [6, 6.07) is 1.17. The third-order valence-corrected chi connectivity index (χ3v) is 5.00. The van der Waals surface area contributed by atoms with Crippen LogP contribution >= 0.6 is 0 Å². The molecule has 0 bridgehead atoms. The molecule has 3 heteroatoms. The van der Waals surface area contributed by atoms with Crippen LogP contribution in [0.5, 0.6) is 0 Å². The first-order chi connectivity index (χ1) is 8.87. The Morgan fingerprint density at radius 2 is 1.89 bits per heavy atom. The standard InChI is InChI=1S/C16H32N2O/c1-12(2)10-14-15(3,4)19-16(11-18-14)8-6-13(17-5)7-9-16/h12-14,17-18H,6-11H2,1-5H3. The van der Waals surface area contributed by atoms with Gasteiger partial charge in [-0.25, -0.2) is 0 Å². The second-order valence-corrected chi connectivity index (χ2v) is 7.51. The minimum atomic E-state index is -0.0466. The molecule has 0 aromatic heterocycles. The monoisotopic (exact) mass is 268 g/mol. The van der Waals surface area contributed by atoms with E-state index in [0.29, 0.717) is 12.1 Å². The molecule has 1 heterocycles. The van der Waals surface area contributed by atoms with E-state index < -0.39 is 0 Å². The minimum absolute atomic E-state index is 0.0466. The number of morpholine rings is 1. The van der Waals surface area contributed by atoms with Crippen LogP contribution in [0.3, 0.4) is 0 Å². The molecule has 0 radical (unpaired) electrons. The molecule has 1 saturated heterocycles. The van der Waals surface area contributed by atoms with Crippen LogP contribution in [-0.2, 0) is 4.74 Å². The minimum Gasteiger partial charge on any atom is -0.366 e. The maximum absolute atomic E-state index is 6.62. The van der Waals surface area contributed by atoms with Crippen molar-refractivity contribution >= 4 is 0 Å². The molecule has 0 aromatic rings. The van der Waals surface area contributed by atoms with Crippen LogP contribution in [0.2, 0.25) is 0 Å². The number of ether oxygens (including phenoxy) is 1. The Morgan fingerprint density at radius 1 is 1.26 bits per heavy atom. The molecule has 1 aliphatic carbocycles. The van der Waals surface area contributed by atoms with Crippen LogP contribution in [0.15, 0.2) is 0 Å². The fourth-order valence-electron chi connectivity index (χ4n) is 3.77. The molecular weight excluding hydrogens is 236 g/mol. The van der Waals surface area contributed by atoms with Crippen molar-refractivity contribution in [1.29, 1.82) is 0 Å². The fourth-order valence-corrected chi connectivity index (χ4v) is 3.77. The number of hydrogen-bond donors (Lipinski definition) is 2. The molecule has 1 atom stereocenters. The Kier molecular flexibility index (Phi) is 4.59. The summed E-state index contributed by atoms with van der Waals surface area (Å²) >= 11 is 0. The van der Waals surface area contributed by atoms with E-state index in [4.69, 9.17) is 4.74 Å². The molecule has 2 aliphatic rings. The smallest absolute Gasteiger partial charge is 0.0815 e. The van der Waals surface area contributed by atoms with Crippen LogP contribution in [0.1, 0.15) is 59.8 Å². The molecule has 0 aromatic carbocycles. The van der Waals surface area contributed by atoms with Crippen molar-refractivity contribution in [1.82, 2.24) is 10.6 Å². The van der Waals surface area contributed by atoms with Gasteiger partial charge in [0, 0.05) is 18.6 Å². The summed E-state index contributed by atoms with van der Waals surface area (Å²) in [7, 11) is 2.07. The van der Waals surface area contributed by atoms with Crippen molar-refractivity contribution in [2.24, 2.45) is 5.92 Å². The van der Waals surface area contributed by atoms with Crippen molar-refractivity contribution in [3.63, 3.8) is 0 Å². The molecule has 19 heavy (non-hydrogen) atoms. The van der Waals surface area contributed by atoms with Gasteiger partial charge in [0.15, 0.2) is 0 Å². The van der Waals surface area contributed by atoms with Gasteiger partial charge in [0.1, 0.15) is 0 Å². The van der Waals surface area contributed by atoms with Gasteiger partial charge in [0.2, 0.25) is 0 Å². The Bertz CT molecular complexity index is 293. The van der Waals surface area contributed by atoms with Crippen LogP contribution < -0.4 is 10.6 Å². The molecule has 1 aliphatic heterocycles. The lowest BCUT2D eigenvalue weighted by Crippen LogP contribution is -2.65. The zero-order chi connectivity index (χ0) is 14.1. The SMILES string of the molecule is CNC1CCC2(CC1)CNC(CC(C)C)C(C)(C)O2. The maximum Gasteiger partial charge on any atom is 0.0815 e. The third kappa shape index (κ3) is 3.50. The van der Waals surface area contributed by atoms with E-state index in [-0.39, 0.29) is 11.2 Å². The van der Waals surface area contributed by atoms with Crippen LogP contribution in [-0.4, -0.2) is 36.9 Å². The summed E-state index contributed by atoms with van der Waals surface area (Å²) in [5.74, 6) is 0.717. The first kappa shape index (κ1) is 15.3. The average molecular weight is 268 g/mol. The van der Waals surface area contributed by atoms with Gasteiger partial charge in [0.25, 0.3) is 0 Å². The van der Waals surface area contributed by atoms with Gasteiger partial charge in [-0.3, -0.25) is 0 Å². The van der Waals surface area contributed by atoms with Crippen molar-refractivity contribution in [2.75, 3.05) is 13.6 Å².